The van der Waals surface area contributed by atoms with Crippen molar-refractivity contribution in [2.45, 2.75) is 33.2 Å². The van der Waals surface area contributed by atoms with E-state index in [0.29, 0.717) is 23.1 Å². The average Bonchev–Trinajstić information content (AvgIpc) is 3.10. The average molecular weight is 399 g/mol. The first kappa shape index (κ1) is 20.3. The lowest BCUT2D eigenvalue weighted by atomic mass is 9.99. The number of carboxylic acids is 1. The van der Waals surface area contributed by atoms with Crippen LogP contribution in [0.25, 0.3) is 22.6 Å². The van der Waals surface area contributed by atoms with Gasteiger partial charge in [0.15, 0.2) is 5.58 Å². The molecule has 2 atom stereocenters. The number of carbonyl (C=O) groups is 2. The third kappa shape index (κ3) is 4.53. The zero-order chi connectivity index (χ0) is 21.1. The van der Waals surface area contributed by atoms with Gasteiger partial charge in [0.25, 0.3) is 0 Å². The van der Waals surface area contributed by atoms with E-state index in [0.717, 1.165) is 5.56 Å². The Hall–Kier alpha value is -3.42. The second-order valence-electron chi connectivity index (χ2n) is 6.98. The van der Waals surface area contributed by atoms with Crippen molar-refractivity contribution >= 4 is 28.8 Å². The van der Waals surface area contributed by atoms with Crippen LogP contribution in [0.1, 0.15) is 25.8 Å². The Kier molecular flexibility index (Phi) is 5.81. The summed E-state index contributed by atoms with van der Waals surface area (Å²) in [6.45, 7) is 5.48. The molecule has 1 heterocycles. The number of aliphatic carboxylic acids is 1. The molecule has 7 nitrogen and oxygen atoms in total. The molecule has 3 N–H and O–H groups in total. The van der Waals surface area contributed by atoms with Gasteiger partial charge in [-0.3, -0.25) is 0 Å². The number of amides is 2. The smallest absolute Gasteiger partial charge is 0.326 e. The van der Waals surface area contributed by atoms with Gasteiger partial charge in [-0.15, -0.1) is 0 Å². The summed E-state index contributed by atoms with van der Waals surface area (Å²) in [6.07, 6.45) is 0.574. The number of rotatable bonds is 6. The number of hydrogen-bond donors (Lipinski definition) is 3. The van der Waals surface area contributed by atoms with Gasteiger partial charge in [0.05, 0.1) is 5.69 Å². The summed E-state index contributed by atoms with van der Waals surface area (Å²) in [5.74, 6) is -1.83. The van der Waals surface area contributed by atoms with Gasteiger partial charge in [0.2, 0.25) is 5.89 Å². The molecular formula is C21H22FN3O4. The van der Waals surface area contributed by atoms with E-state index in [2.05, 4.69) is 15.6 Å². The minimum absolute atomic E-state index is 0.0773. The molecule has 0 aliphatic rings. The lowest BCUT2D eigenvalue weighted by Crippen LogP contribution is -2.46. The summed E-state index contributed by atoms with van der Waals surface area (Å²) in [6, 6.07) is 7.86. The standard InChI is InChI=1S/C21H22FN3O4/c1-4-12(3)18(20(26)27)25-21(28)24-15-7-6-13(10-14(15)22)19-23-16-9-11(2)5-8-17(16)29-19/h5-10,12,18H,4H2,1-3H3,(H,26,27)(H2,24,25,28)/t12-,18-/m0/s1. The molecule has 0 fully saturated rings. The normalized spacial score (nSPS) is 13.1. The number of nitrogens with one attached hydrogen (secondary N) is 2. The van der Waals surface area contributed by atoms with Crippen molar-refractivity contribution in [3.8, 4) is 11.5 Å². The molecule has 3 rings (SSSR count). The Morgan fingerprint density at radius 2 is 2.00 bits per heavy atom. The zero-order valence-corrected chi connectivity index (χ0v) is 16.3. The number of hydrogen-bond acceptors (Lipinski definition) is 4. The fourth-order valence-corrected chi connectivity index (χ4v) is 2.89. The van der Waals surface area contributed by atoms with E-state index in [1.54, 1.807) is 19.1 Å². The van der Waals surface area contributed by atoms with E-state index < -0.39 is 23.9 Å². The van der Waals surface area contributed by atoms with E-state index in [9.17, 15) is 19.1 Å². The Morgan fingerprint density at radius 3 is 2.66 bits per heavy atom. The van der Waals surface area contributed by atoms with Gasteiger partial charge in [-0.25, -0.2) is 19.0 Å². The van der Waals surface area contributed by atoms with Crippen molar-refractivity contribution in [1.82, 2.24) is 10.3 Å². The van der Waals surface area contributed by atoms with Crippen molar-refractivity contribution in [2.75, 3.05) is 5.32 Å². The molecule has 8 heteroatoms. The summed E-state index contributed by atoms with van der Waals surface area (Å²) in [5, 5.41) is 14.0. The van der Waals surface area contributed by atoms with Gasteiger partial charge in [-0.05, 0) is 48.7 Å². The molecule has 3 aromatic rings. The number of carbonyl (C=O) groups excluding carboxylic acids is 1. The summed E-state index contributed by atoms with van der Waals surface area (Å²) >= 11 is 0. The number of fused-ring (bicyclic) bond motifs is 1. The molecule has 2 aromatic carbocycles. The van der Waals surface area contributed by atoms with Crippen LogP contribution in [0.15, 0.2) is 40.8 Å². The number of urea groups is 1. The van der Waals surface area contributed by atoms with Gasteiger partial charge in [-0.1, -0.05) is 26.3 Å². The van der Waals surface area contributed by atoms with Crippen LogP contribution in [0, 0.1) is 18.7 Å². The third-order valence-corrected chi connectivity index (χ3v) is 4.77. The highest BCUT2D eigenvalue weighted by molar-refractivity contribution is 5.92. The highest BCUT2D eigenvalue weighted by Crippen LogP contribution is 2.27. The highest BCUT2D eigenvalue weighted by atomic mass is 19.1. The lowest BCUT2D eigenvalue weighted by Gasteiger charge is -2.20. The number of carboxylic acid groups (broad SMARTS) is 1. The van der Waals surface area contributed by atoms with E-state index in [4.69, 9.17) is 4.42 Å². The summed E-state index contributed by atoms with van der Waals surface area (Å²) in [5.41, 5.74) is 2.65. The van der Waals surface area contributed by atoms with E-state index in [1.165, 1.54) is 12.1 Å². The van der Waals surface area contributed by atoms with E-state index >= 15 is 0 Å². The molecule has 0 aliphatic heterocycles. The number of halogens is 1. The predicted molar refractivity (Wildman–Crippen MR) is 107 cm³/mol. The molecule has 2 amide bonds. The number of oxazole rings is 1. The van der Waals surface area contributed by atoms with Gasteiger partial charge in [0.1, 0.15) is 17.4 Å². The second-order valence-corrected chi connectivity index (χ2v) is 6.98. The number of anilines is 1. The van der Waals surface area contributed by atoms with E-state index in [-0.39, 0.29) is 17.5 Å². The van der Waals surface area contributed by atoms with Crippen LogP contribution in [0.5, 0.6) is 0 Å². The van der Waals surface area contributed by atoms with Crippen LogP contribution in [-0.2, 0) is 4.79 Å². The molecule has 152 valence electrons. The first-order chi connectivity index (χ1) is 13.8. The Morgan fingerprint density at radius 1 is 1.24 bits per heavy atom. The first-order valence-corrected chi connectivity index (χ1v) is 9.26. The molecule has 1 aromatic heterocycles. The van der Waals surface area contributed by atoms with Crippen molar-refractivity contribution in [2.24, 2.45) is 5.92 Å². The molecular weight excluding hydrogens is 377 g/mol. The first-order valence-electron chi connectivity index (χ1n) is 9.26. The maximum Gasteiger partial charge on any atom is 0.326 e. The third-order valence-electron chi connectivity index (χ3n) is 4.77. The molecule has 0 bridgehead atoms. The van der Waals surface area contributed by atoms with Crippen LogP contribution in [-0.4, -0.2) is 28.1 Å². The number of aryl methyl sites for hydroxylation is 1. The minimum atomic E-state index is -1.14. The minimum Gasteiger partial charge on any atom is -0.480 e. The number of aromatic nitrogens is 1. The molecule has 0 aliphatic carbocycles. The largest absolute Gasteiger partial charge is 0.480 e. The molecule has 0 radical (unpaired) electrons. The summed E-state index contributed by atoms with van der Waals surface area (Å²) < 4.78 is 20.2. The summed E-state index contributed by atoms with van der Waals surface area (Å²) in [4.78, 5) is 27.8. The monoisotopic (exact) mass is 399 g/mol. The van der Waals surface area contributed by atoms with Crippen molar-refractivity contribution in [3.05, 3.63) is 47.8 Å². The van der Waals surface area contributed by atoms with Gasteiger partial charge in [-0.2, -0.15) is 0 Å². The van der Waals surface area contributed by atoms with Gasteiger partial charge >= 0.3 is 12.0 Å². The van der Waals surface area contributed by atoms with Crippen LogP contribution in [0.3, 0.4) is 0 Å². The van der Waals surface area contributed by atoms with Crippen molar-refractivity contribution < 1.29 is 23.5 Å². The summed E-state index contributed by atoms with van der Waals surface area (Å²) in [7, 11) is 0. The van der Waals surface area contributed by atoms with Crippen LogP contribution >= 0.6 is 0 Å². The van der Waals surface area contributed by atoms with Crippen molar-refractivity contribution in [3.63, 3.8) is 0 Å². The van der Waals surface area contributed by atoms with E-state index in [1.807, 2.05) is 26.0 Å². The maximum atomic E-state index is 14.5. The predicted octanol–water partition coefficient (Wildman–Crippen LogP) is 4.56. The maximum absolute atomic E-state index is 14.5. The fraction of sp³-hybridized carbons (Fsp3) is 0.286. The van der Waals surface area contributed by atoms with Crippen LogP contribution in [0.4, 0.5) is 14.9 Å². The van der Waals surface area contributed by atoms with Gasteiger partial charge in [0, 0.05) is 5.56 Å². The van der Waals surface area contributed by atoms with Crippen molar-refractivity contribution in [1.29, 1.82) is 0 Å². The Bertz CT molecular complexity index is 1060. The quantitative estimate of drug-likeness (QED) is 0.563. The Labute approximate surface area is 166 Å². The molecule has 0 spiro atoms. The fourth-order valence-electron chi connectivity index (χ4n) is 2.89. The lowest BCUT2D eigenvalue weighted by molar-refractivity contribution is -0.140. The zero-order valence-electron chi connectivity index (χ0n) is 16.3. The second kappa shape index (κ2) is 8.30. The number of nitrogens with zero attached hydrogens (tertiary/aromatic N) is 1. The van der Waals surface area contributed by atoms with Crippen LogP contribution in [0.2, 0.25) is 0 Å². The SMILES string of the molecule is CC[C@H](C)[C@H](NC(=O)Nc1ccc(-c2nc3cc(C)ccc3o2)cc1F)C(=O)O. The molecule has 0 unspecified atom stereocenters. The van der Waals surface area contributed by atoms with Crippen LogP contribution < -0.4 is 10.6 Å². The molecule has 0 saturated heterocycles. The highest BCUT2D eigenvalue weighted by Gasteiger charge is 2.25. The number of benzene rings is 2. The van der Waals surface area contributed by atoms with Gasteiger partial charge < -0.3 is 20.2 Å². The topological polar surface area (TPSA) is 104 Å². The molecule has 29 heavy (non-hydrogen) atoms. The Balaban J connectivity index is 1.76. The molecule has 0 saturated carbocycles.